The van der Waals surface area contributed by atoms with Gasteiger partial charge < -0.3 is 0 Å². The second kappa shape index (κ2) is 3.03. The molecular weight excluding hydrogens is 158 g/mol. The molecule has 0 radical (unpaired) electrons. The van der Waals surface area contributed by atoms with Crippen molar-refractivity contribution in [1.29, 1.82) is 5.26 Å². The number of hydrogen-bond acceptors (Lipinski definition) is 1. The largest absolute Gasteiger partial charge is 0.198 e. The Bertz CT molecular complexity index is 180. The summed E-state index contributed by atoms with van der Waals surface area (Å²) in [5, 5.41) is 9.07. The van der Waals surface area contributed by atoms with Crippen LogP contribution in [-0.2, 0) is 0 Å². The average Bonchev–Trinajstić information content (AvgIpc) is 1.94. The normalized spacial score (nSPS) is 36.2. The van der Waals surface area contributed by atoms with E-state index in [-0.39, 0.29) is 16.7 Å². The fourth-order valence-corrected chi connectivity index (χ4v) is 1.91. The molecule has 0 spiro atoms. The first kappa shape index (κ1) is 8.87. The molecule has 0 saturated heterocycles. The van der Waals surface area contributed by atoms with E-state index in [1.54, 1.807) is 0 Å². The highest BCUT2D eigenvalue weighted by Gasteiger charge is 2.35. The van der Waals surface area contributed by atoms with Crippen molar-refractivity contribution in [2.45, 2.75) is 38.5 Å². The summed E-state index contributed by atoms with van der Waals surface area (Å²) < 4.78 is 0. The molecule has 2 heteroatoms. The molecule has 0 heterocycles. The molecule has 1 fully saturated rings. The lowest BCUT2D eigenvalue weighted by Crippen LogP contribution is -2.31. The van der Waals surface area contributed by atoms with Crippen molar-refractivity contribution in [1.82, 2.24) is 0 Å². The first-order valence-corrected chi connectivity index (χ1v) is 4.53. The quantitative estimate of drug-likeness (QED) is 0.514. The molecule has 0 aliphatic heterocycles. The van der Waals surface area contributed by atoms with E-state index in [9.17, 15) is 0 Å². The van der Waals surface area contributed by atoms with Crippen molar-refractivity contribution in [2.24, 2.45) is 11.3 Å². The highest BCUT2D eigenvalue weighted by molar-refractivity contribution is 6.20. The number of rotatable bonds is 0. The van der Waals surface area contributed by atoms with Gasteiger partial charge in [0.2, 0.25) is 0 Å². The van der Waals surface area contributed by atoms with Crippen molar-refractivity contribution in [3.63, 3.8) is 0 Å². The maximum Gasteiger partial charge on any atom is 0.0661 e. The Labute approximate surface area is 73.3 Å². The van der Waals surface area contributed by atoms with Gasteiger partial charge in [0.15, 0.2) is 0 Å². The molecule has 0 aromatic heterocycles. The molecule has 2 atom stereocenters. The summed E-state index contributed by atoms with van der Waals surface area (Å²) in [6.07, 6.45) is 3.01. The van der Waals surface area contributed by atoms with E-state index in [0.29, 0.717) is 0 Å². The molecule has 62 valence electrons. The van der Waals surface area contributed by atoms with E-state index < -0.39 is 0 Å². The Kier molecular flexibility index (Phi) is 2.44. The number of hydrogen-bond donors (Lipinski definition) is 0. The van der Waals surface area contributed by atoms with Crippen LogP contribution in [0.1, 0.15) is 33.1 Å². The number of nitriles is 1. The predicted octanol–water partition coefficient (Wildman–Crippen LogP) is 2.94. The second-order valence-corrected chi connectivity index (χ2v) is 4.66. The first-order chi connectivity index (χ1) is 5.06. The van der Waals surface area contributed by atoms with Gasteiger partial charge in [0.25, 0.3) is 0 Å². The van der Waals surface area contributed by atoms with Crippen LogP contribution in [0.4, 0.5) is 0 Å². The Morgan fingerprint density at radius 1 is 1.55 bits per heavy atom. The van der Waals surface area contributed by atoms with E-state index in [1.807, 2.05) is 0 Å². The van der Waals surface area contributed by atoms with Gasteiger partial charge in [-0.05, 0) is 24.7 Å². The third-order valence-electron chi connectivity index (χ3n) is 2.69. The van der Waals surface area contributed by atoms with Gasteiger partial charge in [0.05, 0.1) is 12.0 Å². The molecular formula is C9H14ClN. The van der Waals surface area contributed by atoms with Gasteiger partial charge in [0.1, 0.15) is 0 Å². The Morgan fingerprint density at radius 3 is 2.64 bits per heavy atom. The molecule has 1 rings (SSSR count). The molecule has 0 N–H and O–H groups in total. The summed E-state index contributed by atoms with van der Waals surface area (Å²) in [6.45, 7) is 4.31. The fraction of sp³-hybridized carbons (Fsp3) is 0.889. The van der Waals surface area contributed by atoms with E-state index in [0.717, 1.165) is 19.3 Å². The van der Waals surface area contributed by atoms with Crippen LogP contribution < -0.4 is 0 Å². The lowest BCUT2D eigenvalue weighted by atomic mass is 9.69. The molecule has 0 aromatic carbocycles. The summed E-state index contributed by atoms with van der Waals surface area (Å²) in [4.78, 5) is 0. The zero-order valence-electron chi connectivity index (χ0n) is 7.10. The van der Waals surface area contributed by atoms with Crippen LogP contribution >= 0.6 is 11.6 Å². The van der Waals surface area contributed by atoms with E-state index in [2.05, 4.69) is 19.9 Å². The van der Waals surface area contributed by atoms with Gasteiger partial charge in [-0.2, -0.15) is 5.26 Å². The predicted molar refractivity (Wildman–Crippen MR) is 46.4 cm³/mol. The molecule has 1 aliphatic carbocycles. The second-order valence-electron chi connectivity index (χ2n) is 4.04. The fourth-order valence-electron chi connectivity index (χ4n) is 1.62. The number of halogens is 1. The maximum atomic E-state index is 8.84. The van der Waals surface area contributed by atoms with E-state index in [1.165, 1.54) is 0 Å². The van der Waals surface area contributed by atoms with Gasteiger partial charge in [-0.1, -0.05) is 13.8 Å². The van der Waals surface area contributed by atoms with Gasteiger partial charge in [-0.3, -0.25) is 0 Å². The molecule has 1 nitrogen and oxygen atoms in total. The minimum atomic E-state index is 0.152. The molecule has 0 bridgehead atoms. The van der Waals surface area contributed by atoms with Gasteiger partial charge >= 0.3 is 0 Å². The van der Waals surface area contributed by atoms with Gasteiger partial charge in [-0.15, -0.1) is 11.6 Å². The van der Waals surface area contributed by atoms with E-state index >= 15 is 0 Å². The monoisotopic (exact) mass is 171 g/mol. The van der Waals surface area contributed by atoms with Crippen LogP contribution in [0.2, 0.25) is 0 Å². The lowest BCUT2D eigenvalue weighted by Gasteiger charge is -2.36. The van der Waals surface area contributed by atoms with Gasteiger partial charge in [0, 0.05) is 5.38 Å². The SMILES string of the molecule is CC1(C)CCC(Cl)CC1C#N. The topological polar surface area (TPSA) is 23.8 Å². The molecule has 11 heavy (non-hydrogen) atoms. The Hall–Kier alpha value is -0.220. The van der Waals surface area contributed by atoms with Crippen LogP contribution in [0.25, 0.3) is 0 Å². The Balaban J connectivity index is 2.65. The highest BCUT2D eigenvalue weighted by atomic mass is 35.5. The van der Waals surface area contributed by atoms with Crippen molar-refractivity contribution >= 4 is 11.6 Å². The minimum Gasteiger partial charge on any atom is -0.198 e. The van der Waals surface area contributed by atoms with Gasteiger partial charge in [-0.25, -0.2) is 0 Å². The Morgan fingerprint density at radius 2 is 2.18 bits per heavy atom. The zero-order valence-corrected chi connectivity index (χ0v) is 7.86. The van der Waals surface area contributed by atoms with Crippen molar-refractivity contribution in [3.05, 3.63) is 0 Å². The summed E-state index contributed by atoms with van der Waals surface area (Å²) >= 11 is 5.97. The molecule has 0 amide bonds. The van der Waals surface area contributed by atoms with Crippen LogP contribution in [0.5, 0.6) is 0 Å². The van der Waals surface area contributed by atoms with Crippen LogP contribution in [-0.4, -0.2) is 5.38 Å². The molecule has 0 aromatic rings. The smallest absolute Gasteiger partial charge is 0.0661 e. The first-order valence-electron chi connectivity index (χ1n) is 4.10. The summed E-state index contributed by atoms with van der Waals surface area (Å²) in [7, 11) is 0. The lowest BCUT2D eigenvalue weighted by molar-refractivity contribution is 0.186. The number of alkyl halides is 1. The minimum absolute atomic E-state index is 0.152. The third kappa shape index (κ3) is 1.87. The standard InChI is InChI=1S/C9H14ClN/c1-9(2)4-3-8(10)5-7(9)6-11/h7-8H,3-5H2,1-2H3. The highest BCUT2D eigenvalue weighted by Crippen LogP contribution is 2.41. The van der Waals surface area contributed by atoms with Crippen LogP contribution in [0.3, 0.4) is 0 Å². The summed E-state index contributed by atoms with van der Waals surface area (Å²) in [5.74, 6) is 0.152. The third-order valence-corrected chi connectivity index (χ3v) is 3.09. The number of nitrogens with zero attached hydrogens (tertiary/aromatic N) is 1. The summed E-state index contributed by atoms with van der Waals surface area (Å²) in [6, 6.07) is 2.34. The zero-order chi connectivity index (χ0) is 8.48. The van der Waals surface area contributed by atoms with Crippen molar-refractivity contribution < 1.29 is 0 Å². The van der Waals surface area contributed by atoms with Crippen LogP contribution in [0.15, 0.2) is 0 Å². The average molecular weight is 172 g/mol. The van der Waals surface area contributed by atoms with Crippen molar-refractivity contribution in [3.8, 4) is 6.07 Å². The van der Waals surface area contributed by atoms with Crippen molar-refractivity contribution in [2.75, 3.05) is 0 Å². The van der Waals surface area contributed by atoms with Crippen LogP contribution in [0, 0.1) is 22.7 Å². The summed E-state index contributed by atoms with van der Waals surface area (Å²) in [5.41, 5.74) is 0.181. The molecule has 1 aliphatic rings. The molecule has 2 unspecified atom stereocenters. The maximum absolute atomic E-state index is 8.84. The molecule has 1 saturated carbocycles. The van der Waals surface area contributed by atoms with E-state index in [4.69, 9.17) is 16.9 Å².